The Balaban J connectivity index is 1.59. The van der Waals surface area contributed by atoms with Gasteiger partial charge in [-0.3, -0.25) is 14.7 Å². The van der Waals surface area contributed by atoms with Gasteiger partial charge in [0.1, 0.15) is 0 Å². The van der Waals surface area contributed by atoms with Crippen molar-refractivity contribution in [3.63, 3.8) is 0 Å². The van der Waals surface area contributed by atoms with E-state index in [0.29, 0.717) is 27.5 Å². The molecule has 0 bridgehead atoms. The monoisotopic (exact) mass is 382 g/mol. The van der Waals surface area contributed by atoms with E-state index in [4.69, 9.17) is 11.6 Å². The lowest BCUT2D eigenvalue weighted by molar-refractivity contribution is -0.114. The summed E-state index contributed by atoms with van der Waals surface area (Å²) in [4.78, 5) is 21.8. The van der Waals surface area contributed by atoms with Gasteiger partial charge in [0.15, 0.2) is 5.13 Å². The number of hydrogen-bond donors (Lipinski definition) is 1. The van der Waals surface area contributed by atoms with Crippen LogP contribution in [0.4, 0.5) is 9.52 Å². The Morgan fingerprint density at radius 3 is 3.12 bits per heavy atom. The molecule has 134 valence electrons. The lowest BCUT2D eigenvalue weighted by Crippen LogP contribution is -2.20. The van der Waals surface area contributed by atoms with Crippen molar-refractivity contribution in [2.45, 2.75) is 33.2 Å². The van der Waals surface area contributed by atoms with Gasteiger partial charge in [0.25, 0.3) is 0 Å². The summed E-state index contributed by atoms with van der Waals surface area (Å²) in [5, 5.41) is 3.55. The number of nitrogens with one attached hydrogen (secondary N) is 1. The second-order valence-corrected chi connectivity index (χ2v) is 7.92. The Labute approximate surface area is 155 Å². The van der Waals surface area contributed by atoms with Gasteiger partial charge in [-0.2, -0.15) is 9.37 Å². The molecule has 1 unspecified atom stereocenters. The zero-order chi connectivity index (χ0) is 18.0. The molecule has 1 aliphatic rings. The molecule has 0 spiro atoms. The molecule has 3 rings (SSSR count). The first kappa shape index (κ1) is 18.2. The molecule has 0 radical (unpaired) electrons. The number of hydrogen-bond acceptors (Lipinski definition) is 5. The Morgan fingerprint density at radius 2 is 2.36 bits per heavy atom. The third-order valence-electron chi connectivity index (χ3n) is 4.25. The van der Waals surface area contributed by atoms with E-state index in [1.165, 1.54) is 18.3 Å². The summed E-state index contributed by atoms with van der Waals surface area (Å²) in [6, 6.07) is 2.04. The van der Waals surface area contributed by atoms with E-state index >= 15 is 0 Å². The predicted octanol–water partition coefficient (Wildman–Crippen LogP) is 3.66. The van der Waals surface area contributed by atoms with E-state index in [1.54, 1.807) is 6.20 Å². The summed E-state index contributed by atoms with van der Waals surface area (Å²) < 4.78 is 14.0. The van der Waals surface area contributed by atoms with Crippen molar-refractivity contribution in [3.05, 3.63) is 39.4 Å². The summed E-state index contributed by atoms with van der Waals surface area (Å²) in [5.74, 6) is -0.249. The van der Waals surface area contributed by atoms with Crippen LogP contribution < -0.4 is 5.32 Å². The number of anilines is 1. The summed E-state index contributed by atoms with van der Waals surface area (Å²) >= 11 is 7.43. The molecule has 8 heteroatoms. The van der Waals surface area contributed by atoms with Crippen LogP contribution in [0.15, 0.2) is 12.3 Å². The molecule has 1 aliphatic heterocycles. The first-order valence-corrected chi connectivity index (χ1v) is 9.36. The number of thiazole rings is 1. The number of amides is 1. The molecule has 1 atom stereocenters. The number of halogens is 2. The zero-order valence-electron chi connectivity index (χ0n) is 14.2. The van der Waals surface area contributed by atoms with Crippen molar-refractivity contribution in [1.82, 2.24) is 14.9 Å². The van der Waals surface area contributed by atoms with Crippen molar-refractivity contribution in [1.29, 1.82) is 0 Å². The van der Waals surface area contributed by atoms with E-state index in [-0.39, 0.29) is 5.91 Å². The summed E-state index contributed by atoms with van der Waals surface area (Å²) in [5.41, 5.74) is 2.09. The molecule has 2 aromatic rings. The second-order valence-electron chi connectivity index (χ2n) is 6.43. The van der Waals surface area contributed by atoms with Gasteiger partial charge >= 0.3 is 0 Å². The highest BCUT2D eigenvalue weighted by Crippen LogP contribution is 2.28. The Kier molecular flexibility index (Phi) is 5.66. The Hall–Kier alpha value is -1.57. The maximum atomic E-state index is 14.0. The van der Waals surface area contributed by atoms with Crippen LogP contribution in [0.25, 0.3) is 0 Å². The summed E-state index contributed by atoms with van der Waals surface area (Å²) in [6.07, 6.45) is 3.66. The van der Waals surface area contributed by atoms with E-state index in [2.05, 4.69) is 20.2 Å². The molecule has 25 heavy (non-hydrogen) atoms. The molecule has 1 N–H and O–H groups in total. The van der Waals surface area contributed by atoms with Crippen molar-refractivity contribution in [3.8, 4) is 0 Å². The van der Waals surface area contributed by atoms with Gasteiger partial charge in [0.05, 0.1) is 9.90 Å². The third kappa shape index (κ3) is 4.74. The molecule has 0 saturated carbocycles. The van der Waals surface area contributed by atoms with Crippen LogP contribution in [0.3, 0.4) is 0 Å². The van der Waals surface area contributed by atoms with Gasteiger partial charge in [0, 0.05) is 31.9 Å². The maximum Gasteiger partial charge on any atom is 0.230 e. The van der Waals surface area contributed by atoms with Crippen LogP contribution >= 0.6 is 22.9 Å². The Morgan fingerprint density at radius 1 is 1.56 bits per heavy atom. The van der Waals surface area contributed by atoms with Crippen molar-refractivity contribution >= 4 is 34.0 Å². The van der Waals surface area contributed by atoms with Gasteiger partial charge in [-0.25, -0.2) is 0 Å². The number of carbonyl (C=O) groups is 1. The average Bonchev–Trinajstić information content (AvgIpc) is 3.10. The molecule has 1 saturated heterocycles. The molecule has 1 fully saturated rings. The van der Waals surface area contributed by atoms with Gasteiger partial charge in [-0.15, -0.1) is 0 Å². The Bertz CT molecular complexity index is 782. The normalized spacial score (nSPS) is 17.8. The minimum absolute atomic E-state index is 0.244. The van der Waals surface area contributed by atoms with Crippen molar-refractivity contribution < 1.29 is 9.18 Å². The second kappa shape index (κ2) is 7.76. The predicted molar refractivity (Wildman–Crippen MR) is 97.4 cm³/mol. The number of likely N-dealkylation sites (tertiary alicyclic amines) is 1. The number of pyridine rings is 1. The average molecular weight is 383 g/mol. The molecule has 2 aromatic heterocycles. The van der Waals surface area contributed by atoms with Crippen LogP contribution in [0.1, 0.15) is 29.5 Å². The van der Waals surface area contributed by atoms with Crippen LogP contribution in [0.2, 0.25) is 5.02 Å². The SMILES string of the molecule is CC(=O)Nc1nc(F)c(CN2CCC(Cc3cc(C)ncc3Cl)C2)s1. The van der Waals surface area contributed by atoms with Gasteiger partial charge < -0.3 is 5.32 Å². The van der Waals surface area contributed by atoms with Crippen LogP contribution in [0, 0.1) is 18.8 Å². The van der Waals surface area contributed by atoms with Gasteiger partial charge in [-0.05, 0) is 43.9 Å². The molecule has 3 heterocycles. The minimum atomic E-state index is -0.495. The highest BCUT2D eigenvalue weighted by molar-refractivity contribution is 7.15. The molecule has 5 nitrogen and oxygen atoms in total. The molecule has 0 aliphatic carbocycles. The van der Waals surface area contributed by atoms with Crippen LogP contribution in [0.5, 0.6) is 0 Å². The van der Waals surface area contributed by atoms with Crippen LogP contribution in [-0.2, 0) is 17.8 Å². The van der Waals surface area contributed by atoms with E-state index in [9.17, 15) is 9.18 Å². The lowest BCUT2D eigenvalue weighted by Gasteiger charge is -2.15. The number of rotatable bonds is 5. The largest absolute Gasteiger partial charge is 0.302 e. The fourth-order valence-corrected chi connectivity index (χ4v) is 4.24. The third-order valence-corrected chi connectivity index (χ3v) is 5.52. The number of aromatic nitrogens is 2. The molecule has 1 amide bonds. The zero-order valence-corrected chi connectivity index (χ0v) is 15.8. The number of aryl methyl sites for hydroxylation is 1. The first-order chi connectivity index (χ1) is 11.9. The highest BCUT2D eigenvalue weighted by Gasteiger charge is 2.25. The smallest absolute Gasteiger partial charge is 0.230 e. The van der Waals surface area contributed by atoms with Gasteiger partial charge in [0.2, 0.25) is 11.9 Å². The molecular weight excluding hydrogens is 363 g/mol. The molecular formula is C17H20ClFN4OS. The highest BCUT2D eigenvalue weighted by atomic mass is 35.5. The van der Waals surface area contributed by atoms with Crippen molar-refractivity contribution in [2.75, 3.05) is 18.4 Å². The van der Waals surface area contributed by atoms with Crippen LogP contribution in [-0.4, -0.2) is 33.9 Å². The molecule has 0 aromatic carbocycles. The van der Waals surface area contributed by atoms with Crippen molar-refractivity contribution in [2.24, 2.45) is 5.92 Å². The topological polar surface area (TPSA) is 58.1 Å². The lowest BCUT2D eigenvalue weighted by atomic mass is 9.99. The standard InChI is InChI=1S/C17H20ClFN4OS/c1-10-5-13(14(18)7-20-10)6-12-3-4-23(8-12)9-15-16(19)22-17(25-15)21-11(2)24/h5,7,12H,3-4,6,8-9H2,1-2H3,(H,21,22,24). The fourth-order valence-electron chi connectivity index (χ4n) is 3.13. The van der Waals surface area contributed by atoms with Gasteiger partial charge in [-0.1, -0.05) is 22.9 Å². The minimum Gasteiger partial charge on any atom is -0.302 e. The number of nitrogens with zero attached hydrogens (tertiary/aromatic N) is 3. The van der Waals surface area contributed by atoms with E-state index in [0.717, 1.165) is 37.2 Å². The quantitative estimate of drug-likeness (QED) is 0.857. The maximum absolute atomic E-state index is 14.0. The van der Waals surface area contributed by atoms with E-state index in [1.807, 2.05) is 13.0 Å². The fraction of sp³-hybridized carbons (Fsp3) is 0.471. The first-order valence-electron chi connectivity index (χ1n) is 8.17. The van der Waals surface area contributed by atoms with E-state index < -0.39 is 5.95 Å². The summed E-state index contributed by atoms with van der Waals surface area (Å²) in [7, 11) is 0. The number of carbonyl (C=O) groups excluding carboxylic acids is 1. The summed E-state index contributed by atoms with van der Waals surface area (Å²) in [6.45, 7) is 5.67.